The molecular formula is C28H24ClF6N5O. The molecule has 0 saturated carbocycles. The van der Waals surface area contributed by atoms with Gasteiger partial charge in [0.1, 0.15) is 5.82 Å². The number of hydrogen-bond acceptors (Lipinski definition) is 5. The zero-order chi connectivity index (χ0) is 29.5. The highest BCUT2D eigenvalue weighted by molar-refractivity contribution is 6.33. The fraction of sp³-hybridized carbons (Fsp3) is 0.286. The second kappa shape index (κ2) is 10.9. The highest BCUT2D eigenvalue weighted by atomic mass is 35.5. The van der Waals surface area contributed by atoms with Gasteiger partial charge in [0, 0.05) is 43.0 Å². The number of rotatable bonds is 5. The lowest BCUT2D eigenvalue weighted by Gasteiger charge is -2.40. The molecule has 0 bridgehead atoms. The van der Waals surface area contributed by atoms with E-state index in [1.165, 1.54) is 24.3 Å². The van der Waals surface area contributed by atoms with Crippen molar-refractivity contribution < 1.29 is 31.4 Å². The predicted octanol–water partition coefficient (Wildman–Crippen LogP) is 7.04. The number of alkyl halides is 6. The number of aromatic nitrogens is 3. The standard InChI is InChI=1S/C28H24ClF6N5O/c1-16-14-39(25-22(29)12-17(15-41)13-36-25)10-11-40(16)26-37-23(18-2-6-20(7-3-18)27(30,31)32)24(38-26)19-4-8-21(9-5-19)28(33,34)35/h2-9,12-13,16,41H,10-11,14-15H2,1H3,(H,37,38)/t16-/m1/s1. The van der Waals surface area contributed by atoms with Crippen LogP contribution in [-0.4, -0.2) is 45.7 Å². The van der Waals surface area contributed by atoms with Crippen LogP contribution in [0.3, 0.4) is 0 Å². The smallest absolute Gasteiger partial charge is 0.392 e. The number of nitrogens with one attached hydrogen (secondary N) is 1. The van der Waals surface area contributed by atoms with E-state index in [4.69, 9.17) is 16.6 Å². The Kier molecular flexibility index (Phi) is 7.64. The normalized spacial score (nSPS) is 16.4. The summed E-state index contributed by atoms with van der Waals surface area (Å²) in [5.74, 6) is 1.00. The van der Waals surface area contributed by atoms with Gasteiger partial charge in [0.25, 0.3) is 0 Å². The van der Waals surface area contributed by atoms with Gasteiger partial charge in [0.15, 0.2) is 0 Å². The van der Waals surface area contributed by atoms with Gasteiger partial charge in [0.2, 0.25) is 5.95 Å². The molecule has 13 heteroatoms. The second-order valence-corrected chi connectivity index (χ2v) is 10.1. The van der Waals surface area contributed by atoms with E-state index < -0.39 is 23.5 Å². The molecule has 1 saturated heterocycles. The average Bonchev–Trinajstić information content (AvgIpc) is 3.37. The Labute approximate surface area is 236 Å². The summed E-state index contributed by atoms with van der Waals surface area (Å²) in [5.41, 5.74) is 0.421. The first-order valence-corrected chi connectivity index (χ1v) is 12.9. The van der Waals surface area contributed by atoms with Crippen LogP contribution in [0.2, 0.25) is 5.02 Å². The highest BCUT2D eigenvalue weighted by Crippen LogP contribution is 2.38. The largest absolute Gasteiger partial charge is 0.416 e. The molecule has 4 aromatic rings. The summed E-state index contributed by atoms with van der Waals surface area (Å²) < 4.78 is 79.0. The fourth-order valence-corrected chi connectivity index (χ4v) is 5.12. The molecule has 1 aliphatic rings. The van der Waals surface area contributed by atoms with Crippen LogP contribution < -0.4 is 9.80 Å². The monoisotopic (exact) mass is 595 g/mol. The maximum absolute atomic E-state index is 13.2. The van der Waals surface area contributed by atoms with Crippen LogP contribution in [-0.2, 0) is 19.0 Å². The summed E-state index contributed by atoms with van der Waals surface area (Å²) in [6, 6.07) is 10.5. The van der Waals surface area contributed by atoms with Crippen molar-refractivity contribution in [2.24, 2.45) is 0 Å². The van der Waals surface area contributed by atoms with E-state index in [-0.39, 0.29) is 12.6 Å². The number of hydrogen-bond donors (Lipinski definition) is 2. The third-order valence-corrected chi connectivity index (χ3v) is 7.22. The molecule has 0 aliphatic carbocycles. The number of aliphatic hydroxyl groups excluding tert-OH is 1. The summed E-state index contributed by atoms with van der Waals surface area (Å²) in [7, 11) is 0. The maximum Gasteiger partial charge on any atom is 0.416 e. The van der Waals surface area contributed by atoms with Crippen molar-refractivity contribution in [3.05, 3.63) is 82.5 Å². The van der Waals surface area contributed by atoms with Crippen LogP contribution in [0.25, 0.3) is 22.5 Å². The zero-order valence-corrected chi connectivity index (χ0v) is 22.3. The molecule has 3 heterocycles. The number of H-pyrrole nitrogens is 1. The summed E-state index contributed by atoms with van der Waals surface area (Å²) in [5, 5.41) is 9.73. The van der Waals surface area contributed by atoms with Crippen LogP contribution >= 0.6 is 11.6 Å². The Morgan fingerprint density at radius 2 is 1.51 bits per heavy atom. The molecule has 41 heavy (non-hydrogen) atoms. The Bertz CT molecular complexity index is 1440. The second-order valence-electron chi connectivity index (χ2n) is 9.73. The van der Waals surface area contributed by atoms with Gasteiger partial charge in [0.05, 0.1) is 34.1 Å². The first-order chi connectivity index (χ1) is 19.3. The lowest BCUT2D eigenvalue weighted by atomic mass is 10.0. The van der Waals surface area contributed by atoms with E-state index in [2.05, 4.69) is 9.97 Å². The SMILES string of the molecule is C[C@@H]1CN(c2ncc(CO)cc2Cl)CCN1c1nc(-c2ccc(C(F)(F)F)cc2)c(-c2ccc(C(F)(F)F)cc2)[nH]1. The van der Waals surface area contributed by atoms with Crippen molar-refractivity contribution in [3.8, 4) is 22.5 Å². The summed E-state index contributed by atoms with van der Waals surface area (Å²) >= 11 is 6.39. The molecule has 1 atom stereocenters. The fourth-order valence-electron chi connectivity index (χ4n) is 4.81. The third kappa shape index (κ3) is 5.98. The summed E-state index contributed by atoms with van der Waals surface area (Å²) in [4.78, 5) is 16.3. The number of nitrogens with zero attached hydrogens (tertiary/aromatic N) is 4. The van der Waals surface area contributed by atoms with Crippen LogP contribution in [0.4, 0.5) is 38.1 Å². The molecule has 5 rings (SSSR count). The van der Waals surface area contributed by atoms with E-state index >= 15 is 0 Å². The molecule has 0 radical (unpaired) electrons. The van der Waals surface area contributed by atoms with E-state index in [1.807, 2.05) is 16.7 Å². The molecule has 2 aromatic heterocycles. The number of piperazine rings is 1. The van der Waals surface area contributed by atoms with Gasteiger partial charge in [-0.25, -0.2) is 9.97 Å². The number of halogens is 7. The van der Waals surface area contributed by atoms with Crippen molar-refractivity contribution in [2.45, 2.75) is 31.9 Å². The molecule has 0 unspecified atom stereocenters. The summed E-state index contributed by atoms with van der Waals surface area (Å²) in [6.07, 6.45) is -7.48. The van der Waals surface area contributed by atoms with Gasteiger partial charge in [-0.3, -0.25) is 0 Å². The predicted molar refractivity (Wildman–Crippen MR) is 144 cm³/mol. The van der Waals surface area contributed by atoms with Gasteiger partial charge in [-0.05, 0) is 42.8 Å². The van der Waals surface area contributed by atoms with Gasteiger partial charge >= 0.3 is 12.4 Å². The van der Waals surface area contributed by atoms with Gasteiger partial charge in [-0.1, -0.05) is 35.9 Å². The van der Waals surface area contributed by atoms with E-state index in [9.17, 15) is 31.4 Å². The Hall–Kier alpha value is -3.77. The number of benzene rings is 2. The first kappa shape index (κ1) is 28.7. The Balaban J connectivity index is 1.48. The topological polar surface area (TPSA) is 68.3 Å². The van der Waals surface area contributed by atoms with Gasteiger partial charge in [-0.2, -0.15) is 26.3 Å². The molecule has 2 aromatic carbocycles. The minimum atomic E-state index is -4.52. The van der Waals surface area contributed by atoms with E-state index in [1.54, 1.807) is 12.3 Å². The van der Waals surface area contributed by atoms with Crippen molar-refractivity contribution in [1.82, 2.24) is 15.0 Å². The quantitative estimate of drug-likeness (QED) is 0.242. The molecular weight excluding hydrogens is 572 g/mol. The van der Waals surface area contributed by atoms with Crippen LogP contribution in [0.1, 0.15) is 23.6 Å². The highest BCUT2D eigenvalue weighted by Gasteiger charge is 2.33. The third-order valence-electron chi connectivity index (χ3n) is 6.94. The lowest BCUT2D eigenvalue weighted by Crippen LogP contribution is -2.52. The van der Waals surface area contributed by atoms with Crippen molar-refractivity contribution in [3.63, 3.8) is 0 Å². The van der Waals surface area contributed by atoms with Gasteiger partial charge < -0.3 is 19.9 Å². The molecule has 6 nitrogen and oxygen atoms in total. The van der Waals surface area contributed by atoms with Gasteiger partial charge in [-0.15, -0.1) is 0 Å². The average molecular weight is 596 g/mol. The van der Waals surface area contributed by atoms with Crippen molar-refractivity contribution in [2.75, 3.05) is 29.4 Å². The minimum Gasteiger partial charge on any atom is -0.392 e. The lowest BCUT2D eigenvalue weighted by molar-refractivity contribution is -0.138. The van der Waals surface area contributed by atoms with Crippen LogP contribution in [0, 0.1) is 0 Å². The number of anilines is 2. The van der Waals surface area contributed by atoms with E-state index in [0.29, 0.717) is 64.5 Å². The maximum atomic E-state index is 13.2. The zero-order valence-electron chi connectivity index (χ0n) is 21.6. The summed E-state index contributed by atoms with van der Waals surface area (Å²) in [6.45, 7) is 3.28. The van der Waals surface area contributed by atoms with Crippen molar-refractivity contribution in [1.29, 1.82) is 0 Å². The molecule has 2 N–H and O–H groups in total. The van der Waals surface area contributed by atoms with E-state index in [0.717, 1.165) is 24.3 Å². The Morgan fingerprint density at radius 3 is 2.02 bits per heavy atom. The Morgan fingerprint density at radius 1 is 0.927 bits per heavy atom. The molecule has 1 aliphatic heterocycles. The molecule has 0 amide bonds. The minimum absolute atomic E-state index is 0.119. The van der Waals surface area contributed by atoms with Crippen molar-refractivity contribution >= 4 is 23.4 Å². The number of pyridine rings is 1. The van der Waals surface area contributed by atoms with Crippen LogP contribution in [0.5, 0.6) is 0 Å². The van der Waals surface area contributed by atoms with Crippen LogP contribution in [0.15, 0.2) is 60.8 Å². The molecule has 1 fully saturated rings. The number of imidazole rings is 1. The first-order valence-electron chi connectivity index (χ1n) is 12.6. The number of aliphatic hydroxyl groups is 1. The number of aromatic amines is 1. The molecule has 0 spiro atoms. The molecule has 216 valence electrons.